The predicted octanol–water partition coefficient (Wildman–Crippen LogP) is 4.14. The molecule has 0 spiro atoms. The van der Waals surface area contributed by atoms with Crippen molar-refractivity contribution in [3.63, 3.8) is 0 Å². The van der Waals surface area contributed by atoms with Crippen molar-refractivity contribution in [2.24, 2.45) is 0 Å². The Bertz CT molecular complexity index is 913. The van der Waals surface area contributed by atoms with Crippen LogP contribution < -0.4 is 5.43 Å². The molecule has 0 unspecified atom stereocenters. The van der Waals surface area contributed by atoms with Gasteiger partial charge in [-0.25, -0.2) is 4.79 Å². The maximum Gasteiger partial charge on any atom is 0.339 e. The van der Waals surface area contributed by atoms with Crippen molar-refractivity contribution >= 4 is 29.3 Å². The molecule has 1 heterocycles. The topological polar surface area (TPSA) is 67.5 Å². The third-order valence-electron chi connectivity index (χ3n) is 3.63. The van der Waals surface area contributed by atoms with E-state index >= 15 is 0 Å². The van der Waals surface area contributed by atoms with Crippen LogP contribution in [0.5, 0.6) is 0 Å². The third-order valence-corrected chi connectivity index (χ3v) is 3.63. The Morgan fingerprint density at radius 1 is 1.09 bits per heavy atom. The van der Waals surface area contributed by atoms with Crippen molar-refractivity contribution in [2.45, 2.75) is 13.3 Å². The van der Waals surface area contributed by atoms with Crippen molar-refractivity contribution in [3.8, 4) is 11.3 Å². The molecular formula is C18H15ClO4. The summed E-state index contributed by atoms with van der Waals surface area (Å²) in [4.78, 5) is 24.0. The van der Waals surface area contributed by atoms with Gasteiger partial charge in [0.2, 0.25) is 0 Å². The average molecular weight is 331 g/mol. The van der Waals surface area contributed by atoms with E-state index in [1.165, 1.54) is 6.07 Å². The summed E-state index contributed by atoms with van der Waals surface area (Å²) in [6, 6.07) is 13.8. The molecule has 5 heteroatoms. The highest BCUT2D eigenvalue weighted by atomic mass is 35.5. The molecule has 1 N–H and O–H groups in total. The summed E-state index contributed by atoms with van der Waals surface area (Å²) >= 11 is 0. The van der Waals surface area contributed by atoms with E-state index in [4.69, 9.17) is 4.42 Å². The normalized spacial score (nSPS) is 10.3. The zero-order valence-electron chi connectivity index (χ0n) is 12.4. The number of hydrogen-bond donors (Lipinski definition) is 1. The van der Waals surface area contributed by atoms with Gasteiger partial charge in [0.1, 0.15) is 11.3 Å². The van der Waals surface area contributed by atoms with E-state index in [2.05, 4.69) is 0 Å². The molecule has 1 aromatic heterocycles. The minimum absolute atomic E-state index is 0. The molecule has 0 fully saturated rings. The SMILES string of the molecule is CCc1c(-c2ccccc2)oc2c(C(=O)O)cccc2c1=O.Cl. The van der Waals surface area contributed by atoms with Gasteiger partial charge in [0, 0.05) is 11.1 Å². The highest BCUT2D eigenvalue weighted by Gasteiger charge is 2.18. The van der Waals surface area contributed by atoms with Gasteiger partial charge in [-0.15, -0.1) is 12.4 Å². The number of rotatable bonds is 3. The predicted molar refractivity (Wildman–Crippen MR) is 91.5 cm³/mol. The molecule has 2 aromatic carbocycles. The molecule has 0 amide bonds. The lowest BCUT2D eigenvalue weighted by molar-refractivity contribution is 0.0698. The summed E-state index contributed by atoms with van der Waals surface area (Å²) in [5.41, 5.74) is 1.26. The van der Waals surface area contributed by atoms with E-state index in [1.807, 2.05) is 37.3 Å². The molecule has 0 atom stereocenters. The molecule has 118 valence electrons. The third kappa shape index (κ3) is 2.85. The smallest absolute Gasteiger partial charge is 0.339 e. The molecular weight excluding hydrogens is 316 g/mol. The highest BCUT2D eigenvalue weighted by molar-refractivity contribution is 6.01. The van der Waals surface area contributed by atoms with Crippen molar-refractivity contribution in [2.75, 3.05) is 0 Å². The quantitative estimate of drug-likeness (QED) is 0.783. The zero-order chi connectivity index (χ0) is 15.7. The van der Waals surface area contributed by atoms with Crippen LogP contribution >= 0.6 is 12.4 Å². The van der Waals surface area contributed by atoms with Crippen LogP contribution in [0.1, 0.15) is 22.8 Å². The van der Waals surface area contributed by atoms with E-state index < -0.39 is 5.97 Å². The van der Waals surface area contributed by atoms with Gasteiger partial charge in [-0.1, -0.05) is 43.3 Å². The van der Waals surface area contributed by atoms with E-state index in [-0.39, 0.29) is 29.0 Å². The lowest BCUT2D eigenvalue weighted by Gasteiger charge is -2.10. The Morgan fingerprint density at radius 3 is 2.39 bits per heavy atom. The van der Waals surface area contributed by atoms with Crippen LogP contribution in [-0.4, -0.2) is 11.1 Å². The minimum Gasteiger partial charge on any atom is -0.478 e. The maximum atomic E-state index is 12.7. The molecule has 0 saturated carbocycles. The molecule has 0 aliphatic heterocycles. The van der Waals surface area contributed by atoms with Crippen LogP contribution in [0.2, 0.25) is 0 Å². The molecule has 0 radical (unpaired) electrons. The largest absolute Gasteiger partial charge is 0.478 e. The van der Waals surface area contributed by atoms with Gasteiger partial charge in [0.25, 0.3) is 0 Å². The van der Waals surface area contributed by atoms with Gasteiger partial charge in [-0.2, -0.15) is 0 Å². The van der Waals surface area contributed by atoms with Crippen LogP contribution in [-0.2, 0) is 6.42 Å². The second-order valence-electron chi connectivity index (χ2n) is 4.95. The van der Waals surface area contributed by atoms with Gasteiger partial charge in [0.15, 0.2) is 11.0 Å². The summed E-state index contributed by atoms with van der Waals surface area (Å²) in [5, 5.41) is 9.60. The summed E-state index contributed by atoms with van der Waals surface area (Å²) < 4.78 is 5.86. The van der Waals surface area contributed by atoms with E-state index in [0.29, 0.717) is 23.1 Å². The van der Waals surface area contributed by atoms with Crippen LogP contribution in [0.3, 0.4) is 0 Å². The molecule has 23 heavy (non-hydrogen) atoms. The highest BCUT2D eigenvalue weighted by Crippen LogP contribution is 2.27. The zero-order valence-corrected chi connectivity index (χ0v) is 13.2. The first kappa shape index (κ1) is 16.8. The summed E-state index contributed by atoms with van der Waals surface area (Å²) in [5.74, 6) is -0.675. The fraction of sp³-hybridized carbons (Fsp3) is 0.111. The molecule has 0 bridgehead atoms. The van der Waals surface area contributed by atoms with Crippen molar-refractivity contribution in [3.05, 3.63) is 69.9 Å². The van der Waals surface area contributed by atoms with E-state index in [1.54, 1.807) is 12.1 Å². The Hall–Kier alpha value is -2.59. The maximum absolute atomic E-state index is 12.7. The standard InChI is InChI=1S/C18H14O4.ClH/c1-2-12-15(19)13-9-6-10-14(18(20)21)17(13)22-16(12)11-7-4-3-5-8-11;/h3-10H,2H2,1H3,(H,20,21);1H. The van der Waals surface area contributed by atoms with Crippen molar-refractivity contribution in [1.29, 1.82) is 0 Å². The number of carbonyl (C=O) groups is 1. The van der Waals surface area contributed by atoms with Gasteiger partial charge in [-0.3, -0.25) is 4.79 Å². The molecule has 3 rings (SSSR count). The van der Waals surface area contributed by atoms with Crippen LogP contribution in [0.25, 0.3) is 22.3 Å². The Labute approximate surface area is 138 Å². The van der Waals surface area contributed by atoms with Crippen molar-refractivity contribution < 1.29 is 14.3 Å². The number of carboxylic acids is 1. The fourth-order valence-electron chi connectivity index (χ4n) is 2.57. The molecule has 3 aromatic rings. The van der Waals surface area contributed by atoms with Crippen LogP contribution in [0.4, 0.5) is 0 Å². The Morgan fingerprint density at radius 2 is 1.78 bits per heavy atom. The van der Waals surface area contributed by atoms with Gasteiger partial charge in [0.05, 0.1) is 5.39 Å². The second kappa shape index (κ2) is 6.67. The van der Waals surface area contributed by atoms with Gasteiger partial charge >= 0.3 is 5.97 Å². The average Bonchev–Trinajstić information content (AvgIpc) is 2.55. The number of hydrogen-bond acceptors (Lipinski definition) is 3. The van der Waals surface area contributed by atoms with E-state index in [9.17, 15) is 14.7 Å². The molecule has 0 aliphatic rings. The number of aromatic carboxylic acids is 1. The monoisotopic (exact) mass is 330 g/mol. The number of halogens is 1. The molecule has 0 aliphatic carbocycles. The Balaban J connectivity index is 0.00000192. The lowest BCUT2D eigenvalue weighted by atomic mass is 10.0. The van der Waals surface area contributed by atoms with Crippen LogP contribution in [0.15, 0.2) is 57.7 Å². The molecule has 4 nitrogen and oxygen atoms in total. The minimum atomic E-state index is -1.11. The van der Waals surface area contributed by atoms with Crippen LogP contribution in [0, 0.1) is 0 Å². The number of para-hydroxylation sites is 1. The Kier molecular flexibility index (Phi) is 4.86. The molecule has 0 saturated heterocycles. The summed E-state index contributed by atoms with van der Waals surface area (Å²) in [6.45, 7) is 1.88. The van der Waals surface area contributed by atoms with Gasteiger partial charge < -0.3 is 9.52 Å². The fourth-order valence-corrected chi connectivity index (χ4v) is 2.57. The number of fused-ring (bicyclic) bond motifs is 1. The first-order valence-corrected chi connectivity index (χ1v) is 7.01. The van der Waals surface area contributed by atoms with E-state index in [0.717, 1.165) is 5.56 Å². The summed E-state index contributed by atoms with van der Waals surface area (Å²) in [6.07, 6.45) is 0.514. The lowest BCUT2D eigenvalue weighted by Crippen LogP contribution is -2.12. The first-order chi connectivity index (χ1) is 10.6. The first-order valence-electron chi connectivity index (χ1n) is 7.01. The number of benzene rings is 2. The summed E-state index contributed by atoms with van der Waals surface area (Å²) in [7, 11) is 0. The van der Waals surface area contributed by atoms with Crippen molar-refractivity contribution in [1.82, 2.24) is 0 Å². The second-order valence-corrected chi connectivity index (χ2v) is 4.95. The number of carboxylic acid groups (broad SMARTS) is 1. The van der Waals surface area contributed by atoms with Gasteiger partial charge in [-0.05, 0) is 18.6 Å².